The Morgan fingerprint density at radius 2 is 2.04 bits per heavy atom. The van der Waals surface area contributed by atoms with E-state index in [1.54, 1.807) is 6.92 Å². The average molecular weight is 349 g/mol. The van der Waals surface area contributed by atoms with Gasteiger partial charge >= 0.3 is 5.97 Å². The highest BCUT2D eigenvalue weighted by Gasteiger charge is 2.17. The highest BCUT2D eigenvalue weighted by molar-refractivity contribution is 5.95. The molecule has 2 rings (SSSR count). The van der Waals surface area contributed by atoms with E-state index >= 15 is 0 Å². The molecule has 8 heteroatoms. The van der Waals surface area contributed by atoms with Crippen molar-refractivity contribution in [1.29, 1.82) is 0 Å². The second kappa shape index (κ2) is 8.39. The van der Waals surface area contributed by atoms with E-state index in [-0.39, 0.29) is 25.4 Å². The van der Waals surface area contributed by atoms with Gasteiger partial charge in [0, 0.05) is 23.8 Å². The van der Waals surface area contributed by atoms with Crippen LogP contribution in [0.2, 0.25) is 0 Å². The molecule has 134 valence electrons. The summed E-state index contributed by atoms with van der Waals surface area (Å²) >= 11 is 0. The highest BCUT2D eigenvalue weighted by atomic mass is 19.1. The second-order valence-electron chi connectivity index (χ2n) is 5.38. The lowest BCUT2D eigenvalue weighted by Crippen LogP contribution is -2.31. The molecule has 0 spiro atoms. The van der Waals surface area contributed by atoms with Crippen LogP contribution in [0, 0.1) is 12.7 Å². The highest BCUT2D eigenvalue weighted by Crippen LogP contribution is 2.29. The molecule has 0 aliphatic carbocycles. The summed E-state index contributed by atoms with van der Waals surface area (Å²) in [6, 6.07) is 4.14. The van der Waals surface area contributed by atoms with Gasteiger partial charge < -0.3 is 9.47 Å². The van der Waals surface area contributed by atoms with Crippen molar-refractivity contribution in [3.63, 3.8) is 0 Å². The van der Waals surface area contributed by atoms with Gasteiger partial charge in [-0.1, -0.05) is 0 Å². The Bertz CT molecular complexity index is 795. The monoisotopic (exact) mass is 349 g/mol. The normalized spacial score (nSPS) is 10.6. The number of fused-ring (bicyclic) bond motifs is 1. The number of hydrogen-bond donors (Lipinski definition) is 2. The number of esters is 1. The number of nitrogens with one attached hydrogen (secondary N) is 2. The van der Waals surface area contributed by atoms with Gasteiger partial charge in [0.15, 0.2) is 0 Å². The fraction of sp³-hybridized carbons (Fsp3) is 0.353. The number of benzene rings is 1. The van der Waals surface area contributed by atoms with Gasteiger partial charge in [-0.25, -0.2) is 4.39 Å². The number of carbonyl (C=O) groups is 2. The number of anilines is 1. The van der Waals surface area contributed by atoms with E-state index in [1.165, 1.54) is 32.4 Å². The first-order valence-electron chi connectivity index (χ1n) is 7.65. The summed E-state index contributed by atoms with van der Waals surface area (Å²) in [7, 11) is 2.78. The van der Waals surface area contributed by atoms with Gasteiger partial charge in [-0.05, 0) is 25.1 Å². The van der Waals surface area contributed by atoms with Crippen LogP contribution in [0.3, 0.4) is 0 Å². The van der Waals surface area contributed by atoms with Crippen LogP contribution in [0.4, 0.5) is 10.1 Å². The van der Waals surface area contributed by atoms with Gasteiger partial charge in [0.05, 0.1) is 37.8 Å². The Hall–Kier alpha value is -2.74. The van der Waals surface area contributed by atoms with Crippen LogP contribution in [0.25, 0.3) is 10.9 Å². The minimum Gasteiger partial charge on any atom is -0.469 e. The van der Waals surface area contributed by atoms with Crippen molar-refractivity contribution < 1.29 is 23.5 Å². The van der Waals surface area contributed by atoms with Gasteiger partial charge in [-0.3, -0.25) is 25.4 Å². The Morgan fingerprint density at radius 3 is 2.72 bits per heavy atom. The van der Waals surface area contributed by atoms with Crippen molar-refractivity contribution in [2.45, 2.75) is 19.8 Å². The third-order valence-corrected chi connectivity index (χ3v) is 3.66. The smallest absolute Gasteiger partial charge is 0.310 e. The quantitative estimate of drug-likeness (QED) is 0.586. The molecule has 0 bridgehead atoms. The Morgan fingerprint density at radius 1 is 1.28 bits per heavy atom. The number of hydrogen-bond acceptors (Lipinski definition) is 6. The number of hydrazine groups is 1. The SMILES string of the molecule is COCCC(=O)NNc1c(CC(=O)OC)c(C)nc2ccc(F)cc12. The Balaban J connectivity index is 2.43. The van der Waals surface area contributed by atoms with Gasteiger partial charge in [0.1, 0.15) is 5.82 Å². The first kappa shape index (κ1) is 18.6. The number of methoxy groups -OCH3 is 2. The van der Waals surface area contributed by atoms with Crippen molar-refractivity contribution >= 4 is 28.5 Å². The number of carbonyl (C=O) groups excluding carboxylic acids is 2. The van der Waals surface area contributed by atoms with Crippen molar-refractivity contribution in [2.24, 2.45) is 0 Å². The largest absolute Gasteiger partial charge is 0.469 e. The number of nitrogens with zero attached hydrogens (tertiary/aromatic N) is 1. The van der Waals surface area contributed by atoms with E-state index in [4.69, 9.17) is 9.47 Å². The van der Waals surface area contributed by atoms with Crippen LogP contribution in [0.15, 0.2) is 18.2 Å². The lowest BCUT2D eigenvalue weighted by molar-refractivity contribution is -0.139. The number of amides is 1. The van der Waals surface area contributed by atoms with Crippen LogP contribution < -0.4 is 10.9 Å². The molecule has 0 fully saturated rings. The Kier molecular flexibility index (Phi) is 6.24. The third-order valence-electron chi connectivity index (χ3n) is 3.66. The summed E-state index contributed by atoms with van der Waals surface area (Å²) in [5, 5.41) is 0.455. The summed E-state index contributed by atoms with van der Waals surface area (Å²) in [6.07, 6.45) is 0.101. The van der Waals surface area contributed by atoms with Gasteiger partial charge in [-0.15, -0.1) is 0 Å². The van der Waals surface area contributed by atoms with Crippen molar-refractivity contribution in [3.05, 3.63) is 35.3 Å². The number of aromatic nitrogens is 1. The first-order valence-corrected chi connectivity index (χ1v) is 7.65. The zero-order valence-electron chi connectivity index (χ0n) is 14.3. The predicted octanol–water partition coefficient (Wildman–Crippen LogP) is 1.88. The molecule has 0 saturated heterocycles. The number of ether oxygens (including phenoxy) is 2. The average Bonchev–Trinajstić information content (AvgIpc) is 2.60. The first-order chi connectivity index (χ1) is 12.0. The molecule has 2 N–H and O–H groups in total. The summed E-state index contributed by atoms with van der Waals surface area (Å²) in [5.74, 6) is -1.21. The molecule has 25 heavy (non-hydrogen) atoms. The molecular weight excluding hydrogens is 329 g/mol. The zero-order chi connectivity index (χ0) is 18.4. The maximum atomic E-state index is 13.7. The van der Waals surface area contributed by atoms with E-state index < -0.39 is 11.8 Å². The topological polar surface area (TPSA) is 89.6 Å². The minimum atomic E-state index is -0.464. The molecule has 0 unspecified atom stereocenters. The Labute approximate surface area is 144 Å². The fourth-order valence-electron chi connectivity index (χ4n) is 2.36. The van der Waals surface area contributed by atoms with Crippen molar-refractivity contribution in [1.82, 2.24) is 10.4 Å². The fourth-order valence-corrected chi connectivity index (χ4v) is 2.36. The van der Waals surface area contributed by atoms with E-state index in [1.807, 2.05) is 0 Å². The summed E-state index contributed by atoms with van der Waals surface area (Å²) in [5.41, 5.74) is 7.39. The van der Waals surface area contributed by atoms with Crippen LogP contribution in [0.5, 0.6) is 0 Å². The molecule has 7 nitrogen and oxygen atoms in total. The lowest BCUT2D eigenvalue weighted by atomic mass is 10.0. The molecule has 1 aromatic carbocycles. The summed E-state index contributed by atoms with van der Waals surface area (Å²) in [4.78, 5) is 27.9. The summed E-state index contributed by atoms with van der Waals surface area (Å²) < 4.78 is 23.2. The molecule has 2 aromatic rings. The minimum absolute atomic E-state index is 0.0575. The van der Waals surface area contributed by atoms with Crippen molar-refractivity contribution in [2.75, 3.05) is 26.3 Å². The van der Waals surface area contributed by atoms with Gasteiger partial charge in [0.2, 0.25) is 5.91 Å². The van der Waals surface area contributed by atoms with Crippen LogP contribution in [0.1, 0.15) is 17.7 Å². The third kappa shape index (κ3) is 4.63. The summed E-state index contributed by atoms with van der Waals surface area (Å²) in [6.45, 7) is 2.01. The molecule has 1 heterocycles. The van der Waals surface area contributed by atoms with E-state index in [0.29, 0.717) is 27.8 Å². The molecular formula is C17H20FN3O4. The van der Waals surface area contributed by atoms with E-state index in [9.17, 15) is 14.0 Å². The van der Waals surface area contributed by atoms with Gasteiger partial charge in [-0.2, -0.15) is 0 Å². The number of rotatable bonds is 7. The molecule has 0 saturated carbocycles. The standard InChI is InChI=1S/C17H20FN3O4/c1-10-12(9-16(23)25-3)17(21-20-15(22)6-7-24-2)13-8-11(18)4-5-14(13)19-10/h4-5,8H,6-7,9H2,1-3H3,(H,19,21)(H,20,22). The molecule has 0 aliphatic heterocycles. The maximum Gasteiger partial charge on any atom is 0.310 e. The predicted molar refractivity (Wildman–Crippen MR) is 90.4 cm³/mol. The van der Waals surface area contributed by atoms with E-state index in [0.717, 1.165) is 0 Å². The molecule has 0 atom stereocenters. The lowest BCUT2D eigenvalue weighted by Gasteiger charge is -2.17. The molecule has 0 radical (unpaired) electrons. The number of pyridine rings is 1. The van der Waals surface area contributed by atoms with Crippen LogP contribution in [-0.4, -0.2) is 37.7 Å². The number of aryl methyl sites for hydroxylation is 1. The van der Waals surface area contributed by atoms with Crippen molar-refractivity contribution in [3.8, 4) is 0 Å². The molecule has 1 amide bonds. The second-order valence-corrected chi connectivity index (χ2v) is 5.38. The number of halogens is 1. The van der Waals surface area contributed by atoms with Crippen LogP contribution >= 0.6 is 0 Å². The van der Waals surface area contributed by atoms with E-state index in [2.05, 4.69) is 15.8 Å². The maximum absolute atomic E-state index is 13.7. The van der Waals surface area contributed by atoms with Gasteiger partial charge in [0.25, 0.3) is 0 Å². The van der Waals surface area contributed by atoms with Crippen LogP contribution in [-0.2, 0) is 25.5 Å². The zero-order valence-corrected chi connectivity index (χ0v) is 14.3. The molecule has 0 aliphatic rings. The molecule has 1 aromatic heterocycles.